The third-order valence-electron chi connectivity index (χ3n) is 3.48. The topological polar surface area (TPSA) is 86.0 Å². The van der Waals surface area contributed by atoms with Gasteiger partial charge in [-0.15, -0.1) is 0 Å². The summed E-state index contributed by atoms with van der Waals surface area (Å²) in [5, 5.41) is 0. The highest BCUT2D eigenvalue weighted by Gasteiger charge is 2.26. The molecule has 136 valence electrons. The van der Waals surface area contributed by atoms with Gasteiger partial charge in [0.25, 0.3) is 0 Å². The van der Waals surface area contributed by atoms with Gasteiger partial charge in [-0.25, -0.2) is 8.42 Å². The van der Waals surface area contributed by atoms with Crippen molar-refractivity contribution in [2.45, 2.75) is 24.8 Å². The molecule has 2 aromatic rings. The minimum atomic E-state index is -3.80. The third kappa shape index (κ3) is 5.07. The van der Waals surface area contributed by atoms with Crippen molar-refractivity contribution in [3.63, 3.8) is 0 Å². The summed E-state index contributed by atoms with van der Waals surface area (Å²) in [6, 6.07) is 9.44. The van der Waals surface area contributed by atoms with Crippen molar-refractivity contribution < 1.29 is 27.1 Å². The number of benzene rings is 1. The summed E-state index contributed by atoms with van der Waals surface area (Å²) in [5.41, 5.74) is 0. The second-order valence-corrected chi connectivity index (χ2v) is 7.09. The number of hydrogen-bond donors (Lipinski definition) is 0. The summed E-state index contributed by atoms with van der Waals surface area (Å²) >= 11 is 0. The van der Waals surface area contributed by atoms with Gasteiger partial charge in [-0.05, 0) is 43.3 Å². The van der Waals surface area contributed by atoms with Crippen LogP contribution in [0, 0.1) is 0 Å². The molecule has 25 heavy (non-hydrogen) atoms. The third-order valence-corrected chi connectivity index (χ3v) is 5.34. The Labute approximate surface area is 147 Å². The zero-order valence-corrected chi connectivity index (χ0v) is 15.0. The van der Waals surface area contributed by atoms with E-state index in [1.165, 1.54) is 29.8 Å². The number of carbonyl (C=O) groups excluding carboxylic acids is 1. The molecule has 0 fully saturated rings. The largest absolute Gasteiger partial charge is 0.497 e. The predicted molar refractivity (Wildman–Crippen MR) is 90.5 cm³/mol. The summed E-state index contributed by atoms with van der Waals surface area (Å²) < 4.78 is 42.2. The van der Waals surface area contributed by atoms with E-state index in [9.17, 15) is 13.2 Å². The Kier molecular flexibility index (Phi) is 6.60. The molecule has 0 N–H and O–H groups in total. The zero-order chi connectivity index (χ0) is 18.3. The van der Waals surface area contributed by atoms with Crippen molar-refractivity contribution in [2.24, 2.45) is 0 Å². The van der Waals surface area contributed by atoms with Crippen LogP contribution in [0.5, 0.6) is 5.75 Å². The fraction of sp³-hybridized carbons (Fsp3) is 0.353. The molecule has 0 saturated heterocycles. The molecule has 0 radical (unpaired) electrons. The lowest BCUT2D eigenvalue weighted by molar-refractivity contribution is -0.143. The maximum Gasteiger partial charge on any atom is 0.307 e. The van der Waals surface area contributed by atoms with Gasteiger partial charge in [-0.2, -0.15) is 4.31 Å². The summed E-state index contributed by atoms with van der Waals surface area (Å²) in [4.78, 5) is 11.7. The first kappa shape index (κ1) is 19.0. The molecule has 2 rings (SSSR count). The van der Waals surface area contributed by atoms with Gasteiger partial charge in [0.1, 0.15) is 11.5 Å². The fourth-order valence-electron chi connectivity index (χ4n) is 2.21. The van der Waals surface area contributed by atoms with Crippen LogP contribution in [0.4, 0.5) is 0 Å². The van der Waals surface area contributed by atoms with E-state index >= 15 is 0 Å². The van der Waals surface area contributed by atoms with Crippen molar-refractivity contribution in [2.75, 3.05) is 20.3 Å². The molecule has 0 aliphatic rings. The van der Waals surface area contributed by atoms with Crippen LogP contribution in [0.15, 0.2) is 52.0 Å². The molecule has 8 heteroatoms. The van der Waals surface area contributed by atoms with Crippen LogP contribution in [-0.4, -0.2) is 39.0 Å². The lowest BCUT2D eigenvalue weighted by Crippen LogP contribution is -2.32. The summed E-state index contributed by atoms with van der Waals surface area (Å²) in [7, 11) is -2.30. The Balaban J connectivity index is 2.23. The van der Waals surface area contributed by atoms with E-state index in [1.807, 2.05) is 0 Å². The number of sulfonamides is 1. The van der Waals surface area contributed by atoms with E-state index in [0.717, 1.165) is 0 Å². The number of furan rings is 1. The van der Waals surface area contributed by atoms with Gasteiger partial charge >= 0.3 is 5.97 Å². The predicted octanol–water partition coefficient (Wildman–Crippen LogP) is 2.43. The highest BCUT2D eigenvalue weighted by Crippen LogP contribution is 2.21. The van der Waals surface area contributed by atoms with Gasteiger partial charge < -0.3 is 13.9 Å². The first-order valence-corrected chi connectivity index (χ1v) is 9.23. The van der Waals surface area contributed by atoms with Crippen molar-refractivity contribution in [3.05, 3.63) is 48.4 Å². The quantitative estimate of drug-likeness (QED) is 0.633. The van der Waals surface area contributed by atoms with E-state index in [2.05, 4.69) is 0 Å². The van der Waals surface area contributed by atoms with Crippen LogP contribution in [0.1, 0.15) is 19.1 Å². The second-order valence-electron chi connectivity index (χ2n) is 5.15. The maximum absolute atomic E-state index is 12.9. The van der Waals surface area contributed by atoms with Gasteiger partial charge in [-0.3, -0.25) is 4.79 Å². The van der Waals surface area contributed by atoms with Crippen LogP contribution in [-0.2, 0) is 26.1 Å². The summed E-state index contributed by atoms with van der Waals surface area (Å²) in [6.07, 6.45) is 1.43. The molecular weight excluding hydrogens is 346 g/mol. The zero-order valence-electron chi connectivity index (χ0n) is 14.2. The molecule has 0 aliphatic carbocycles. The first-order chi connectivity index (χ1) is 12.0. The average molecular weight is 367 g/mol. The lowest BCUT2D eigenvalue weighted by Gasteiger charge is -2.21. The molecule has 0 amide bonds. The molecule has 0 aliphatic heterocycles. The molecule has 1 aromatic carbocycles. The molecule has 0 unspecified atom stereocenters. The highest BCUT2D eigenvalue weighted by atomic mass is 32.2. The molecule has 1 heterocycles. The molecule has 0 atom stereocenters. The molecule has 0 saturated carbocycles. The van der Waals surface area contributed by atoms with Crippen molar-refractivity contribution in [3.8, 4) is 5.75 Å². The fourth-order valence-corrected chi connectivity index (χ4v) is 3.61. The Morgan fingerprint density at radius 2 is 1.92 bits per heavy atom. The van der Waals surface area contributed by atoms with E-state index in [-0.39, 0.29) is 31.0 Å². The van der Waals surface area contributed by atoms with E-state index in [1.54, 1.807) is 31.2 Å². The normalized spacial score (nSPS) is 11.5. The van der Waals surface area contributed by atoms with Gasteiger partial charge in [0.2, 0.25) is 10.0 Å². The minimum absolute atomic E-state index is 0.00606. The monoisotopic (exact) mass is 367 g/mol. The molecule has 0 bridgehead atoms. The Bertz CT molecular complexity index is 768. The average Bonchev–Trinajstić information content (AvgIpc) is 3.12. The lowest BCUT2D eigenvalue weighted by atomic mass is 10.3. The first-order valence-electron chi connectivity index (χ1n) is 7.79. The summed E-state index contributed by atoms with van der Waals surface area (Å²) in [5.74, 6) is 0.598. The molecule has 7 nitrogen and oxygen atoms in total. The van der Waals surface area contributed by atoms with E-state index in [4.69, 9.17) is 13.9 Å². The highest BCUT2D eigenvalue weighted by molar-refractivity contribution is 7.89. The van der Waals surface area contributed by atoms with Crippen molar-refractivity contribution in [1.82, 2.24) is 4.31 Å². The Morgan fingerprint density at radius 3 is 2.48 bits per heavy atom. The number of esters is 1. The number of methoxy groups -OCH3 is 1. The molecule has 1 aromatic heterocycles. The molecule has 0 spiro atoms. The number of nitrogens with zero attached hydrogens (tertiary/aromatic N) is 1. The van der Waals surface area contributed by atoms with E-state index in [0.29, 0.717) is 11.5 Å². The van der Waals surface area contributed by atoms with Gasteiger partial charge in [-0.1, -0.05) is 0 Å². The SMILES string of the molecule is CCOC(=O)CCN(Cc1ccco1)S(=O)(=O)c1ccc(OC)cc1. The number of hydrogen-bond acceptors (Lipinski definition) is 6. The van der Waals surface area contributed by atoms with E-state index < -0.39 is 16.0 Å². The Morgan fingerprint density at radius 1 is 1.20 bits per heavy atom. The van der Waals surface area contributed by atoms with Crippen LogP contribution in [0.25, 0.3) is 0 Å². The van der Waals surface area contributed by atoms with Gasteiger partial charge in [0, 0.05) is 6.54 Å². The smallest absolute Gasteiger partial charge is 0.307 e. The number of rotatable bonds is 9. The van der Waals surface area contributed by atoms with Gasteiger partial charge in [0.05, 0.1) is 37.8 Å². The standard InChI is InChI=1S/C17H21NO6S/c1-3-23-17(19)10-11-18(13-15-5-4-12-24-15)25(20,21)16-8-6-14(22-2)7-9-16/h4-9,12H,3,10-11,13H2,1-2H3. The Hall–Kier alpha value is -2.32. The summed E-state index contributed by atoms with van der Waals surface area (Å²) in [6.45, 7) is 1.98. The number of carbonyl (C=O) groups is 1. The minimum Gasteiger partial charge on any atom is -0.497 e. The van der Waals surface area contributed by atoms with Crippen LogP contribution in [0.2, 0.25) is 0 Å². The second kappa shape index (κ2) is 8.68. The van der Waals surface area contributed by atoms with Crippen LogP contribution < -0.4 is 4.74 Å². The van der Waals surface area contributed by atoms with Crippen LogP contribution in [0.3, 0.4) is 0 Å². The van der Waals surface area contributed by atoms with Gasteiger partial charge in [0.15, 0.2) is 0 Å². The van der Waals surface area contributed by atoms with Crippen LogP contribution >= 0.6 is 0 Å². The molecular formula is C17H21NO6S. The van der Waals surface area contributed by atoms with Crippen molar-refractivity contribution in [1.29, 1.82) is 0 Å². The maximum atomic E-state index is 12.9. The number of ether oxygens (including phenoxy) is 2. The van der Waals surface area contributed by atoms with Crippen molar-refractivity contribution >= 4 is 16.0 Å².